The minimum Gasteiger partial charge on any atom is -0.490 e. The Morgan fingerprint density at radius 2 is 1.73 bits per heavy atom. The number of hydrogen-bond donors (Lipinski definition) is 1. The summed E-state index contributed by atoms with van der Waals surface area (Å²) in [5, 5.41) is 2.26. The molecule has 0 unspecified atom stereocenters. The largest absolute Gasteiger partial charge is 0.490 e. The standard InChI is InChI=1S/C25H27BrN2O5/c1-6-16(5)33-22-20(26)12-17(13-21(22)32-7-2)11-19-23(29)27-25(31)28(24(19)30)18-9-14(3)8-15(4)10-18/h8-13,16H,6-7H2,1-5H3,(H,27,29,31)/b19-11+/t16-/m0/s1. The van der Waals surface area contributed by atoms with Gasteiger partial charge in [0.05, 0.1) is 22.9 Å². The van der Waals surface area contributed by atoms with Crippen molar-refractivity contribution in [2.24, 2.45) is 0 Å². The fourth-order valence-electron chi connectivity index (χ4n) is 3.47. The molecule has 1 atom stereocenters. The van der Waals surface area contributed by atoms with Crippen LogP contribution in [0.4, 0.5) is 10.5 Å². The Labute approximate surface area is 201 Å². The second kappa shape index (κ2) is 10.2. The number of amides is 4. The van der Waals surface area contributed by atoms with Gasteiger partial charge < -0.3 is 9.47 Å². The lowest BCUT2D eigenvalue weighted by Gasteiger charge is -2.27. The van der Waals surface area contributed by atoms with Crippen molar-refractivity contribution in [2.45, 2.75) is 47.1 Å². The highest BCUT2D eigenvalue weighted by Gasteiger charge is 2.37. The number of nitrogens with zero attached hydrogens (tertiary/aromatic N) is 1. The van der Waals surface area contributed by atoms with E-state index in [2.05, 4.69) is 21.2 Å². The second-order valence-corrected chi connectivity index (χ2v) is 8.76. The van der Waals surface area contributed by atoms with E-state index >= 15 is 0 Å². The summed E-state index contributed by atoms with van der Waals surface area (Å²) >= 11 is 3.51. The van der Waals surface area contributed by atoms with Crippen LogP contribution in [-0.2, 0) is 9.59 Å². The lowest BCUT2D eigenvalue weighted by Crippen LogP contribution is -2.54. The van der Waals surface area contributed by atoms with Crippen LogP contribution in [0.5, 0.6) is 11.5 Å². The molecule has 1 saturated heterocycles. The number of anilines is 1. The molecule has 174 valence electrons. The number of nitrogens with one attached hydrogen (secondary N) is 1. The summed E-state index contributed by atoms with van der Waals surface area (Å²) in [5.74, 6) is -0.396. The molecule has 4 amide bonds. The average molecular weight is 515 g/mol. The van der Waals surface area contributed by atoms with Crippen molar-refractivity contribution in [2.75, 3.05) is 11.5 Å². The fraction of sp³-hybridized carbons (Fsp3) is 0.320. The van der Waals surface area contributed by atoms with Gasteiger partial charge in [-0.05, 0) is 97.1 Å². The van der Waals surface area contributed by atoms with Gasteiger partial charge in [-0.2, -0.15) is 0 Å². The number of ether oxygens (including phenoxy) is 2. The van der Waals surface area contributed by atoms with Crippen molar-refractivity contribution < 1.29 is 23.9 Å². The van der Waals surface area contributed by atoms with E-state index in [1.807, 2.05) is 40.7 Å². The van der Waals surface area contributed by atoms with Crippen LogP contribution in [0, 0.1) is 13.8 Å². The summed E-state index contributed by atoms with van der Waals surface area (Å²) in [7, 11) is 0. The highest BCUT2D eigenvalue weighted by Crippen LogP contribution is 2.38. The molecule has 0 radical (unpaired) electrons. The van der Waals surface area contributed by atoms with E-state index in [9.17, 15) is 14.4 Å². The van der Waals surface area contributed by atoms with E-state index in [-0.39, 0.29) is 11.7 Å². The number of halogens is 1. The number of rotatable bonds is 7. The van der Waals surface area contributed by atoms with Gasteiger partial charge in [0.15, 0.2) is 11.5 Å². The van der Waals surface area contributed by atoms with Crippen molar-refractivity contribution in [3.05, 3.63) is 57.1 Å². The second-order valence-electron chi connectivity index (χ2n) is 7.90. The van der Waals surface area contributed by atoms with E-state index in [0.29, 0.717) is 33.8 Å². The first kappa shape index (κ1) is 24.5. The van der Waals surface area contributed by atoms with Crippen LogP contribution in [0.1, 0.15) is 43.9 Å². The zero-order chi connectivity index (χ0) is 24.3. The fourth-order valence-corrected chi connectivity index (χ4v) is 4.02. The minimum atomic E-state index is -0.777. The highest BCUT2D eigenvalue weighted by atomic mass is 79.9. The number of imide groups is 2. The topological polar surface area (TPSA) is 84.9 Å². The zero-order valence-corrected chi connectivity index (χ0v) is 20.9. The Balaban J connectivity index is 2.04. The summed E-state index contributed by atoms with van der Waals surface area (Å²) in [4.78, 5) is 39.3. The molecule has 33 heavy (non-hydrogen) atoms. The molecule has 1 aliphatic heterocycles. The number of urea groups is 1. The van der Waals surface area contributed by atoms with E-state index in [0.717, 1.165) is 22.4 Å². The van der Waals surface area contributed by atoms with Crippen LogP contribution < -0.4 is 19.7 Å². The molecule has 0 saturated carbocycles. The molecule has 0 bridgehead atoms. The first-order valence-electron chi connectivity index (χ1n) is 10.8. The Hall–Kier alpha value is -3.13. The Morgan fingerprint density at radius 1 is 1.06 bits per heavy atom. The molecule has 1 fully saturated rings. The van der Waals surface area contributed by atoms with Crippen LogP contribution in [0.15, 0.2) is 40.4 Å². The monoisotopic (exact) mass is 514 g/mol. The summed E-state index contributed by atoms with van der Waals surface area (Å²) in [5.41, 5.74) is 2.60. The number of hydrogen-bond acceptors (Lipinski definition) is 5. The zero-order valence-electron chi connectivity index (χ0n) is 19.3. The minimum absolute atomic E-state index is 0.0206. The number of benzene rings is 2. The molecule has 1 N–H and O–H groups in total. The molecule has 2 aromatic carbocycles. The summed E-state index contributed by atoms with van der Waals surface area (Å²) in [6, 6.07) is 8.06. The molecule has 0 spiro atoms. The third kappa shape index (κ3) is 5.45. The van der Waals surface area contributed by atoms with Gasteiger partial charge in [-0.3, -0.25) is 14.9 Å². The van der Waals surface area contributed by atoms with Gasteiger partial charge >= 0.3 is 6.03 Å². The molecule has 1 heterocycles. The maximum Gasteiger partial charge on any atom is 0.335 e. The molecular weight excluding hydrogens is 488 g/mol. The van der Waals surface area contributed by atoms with E-state index in [4.69, 9.17) is 9.47 Å². The normalized spacial score (nSPS) is 16.1. The quantitative estimate of drug-likeness (QED) is 0.399. The third-order valence-electron chi connectivity index (χ3n) is 5.10. The van der Waals surface area contributed by atoms with Crippen LogP contribution in [0.3, 0.4) is 0 Å². The molecule has 3 rings (SSSR count). The van der Waals surface area contributed by atoms with E-state index in [1.54, 1.807) is 24.3 Å². The molecule has 0 aromatic heterocycles. The van der Waals surface area contributed by atoms with E-state index in [1.165, 1.54) is 6.08 Å². The maximum atomic E-state index is 13.2. The first-order chi connectivity index (χ1) is 15.6. The van der Waals surface area contributed by atoms with Gasteiger partial charge in [0.1, 0.15) is 5.57 Å². The van der Waals surface area contributed by atoms with E-state index < -0.39 is 17.8 Å². The predicted molar refractivity (Wildman–Crippen MR) is 131 cm³/mol. The third-order valence-corrected chi connectivity index (χ3v) is 5.69. The molecule has 8 heteroatoms. The lowest BCUT2D eigenvalue weighted by atomic mass is 10.0. The summed E-state index contributed by atoms with van der Waals surface area (Å²) in [6.45, 7) is 10.0. The van der Waals surface area contributed by atoms with Crippen LogP contribution in [0.25, 0.3) is 6.08 Å². The molecule has 1 aliphatic rings. The molecule has 0 aliphatic carbocycles. The van der Waals surface area contributed by atoms with Gasteiger partial charge in [0.2, 0.25) is 0 Å². The van der Waals surface area contributed by atoms with Crippen LogP contribution in [0.2, 0.25) is 0 Å². The number of barbiturate groups is 1. The molecule has 7 nitrogen and oxygen atoms in total. The van der Waals surface area contributed by atoms with Crippen molar-refractivity contribution in [1.29, 1.82) is 0 Å². The van der Waals surface area contributed by atoms with Crippen molar-refractivity contribution >= 4 is 45.5 Å². The smallest absolute Gasteiger partial charge is 0.335 e. The van der Waals surface area contributed by atoms with Crippen LogP contribution in [-0.4, -0.2) is 30.6 Å². The van der Waals surface area contributed by atoms with Gasteiger partial charge in [0.25, 0.3) is 11.8 Å². The summed E-state index contributed by atoms with van der Waals surface area (Å²) in [6.07, 6.45) is 2.24. The SMILES string of the molecule is CCOc1cc(/C=C2\C(=O)NC(=O)N(c3cc(C)cc(C)c3)C2=O)cc(Br)c1O[C@@H](C)CC. The Bertz CT molecular complexity index is 1120. The van der Waals surface area contributed by atoms with Crippen molar-refractivity contribution in [1.82, 2.24) is 5.32 Å². The highest BCUT2D eigenvalue weighted by molar-refractivity contribution is 9.10. The Kier molecular flexibility index (Phi) is 7.58. The Morgan fingerprint density at radius 3 is 2.33 bits per heavy atom. The summed E-state index contributed by atoms with van der Waals surface area (Å²) < 4.78 is 12.4. The first-order valence-corrected chi connectivity index (χ1v) is 11.6. The van der Waals surface area contributed by atoms with Gasteiger partial charge in [-0.25, -0.2) is 9.69 Å². The van der Waals surface area contributed by atoms with Crippen LogP contribution >= 0.6 is 15.9 Å². The van der Waals surface area contributed by atoms with Gasteiger partial charge in [-0.1, -0.05) is 13.0 Å². The molecular formula is C25H27BrN2O5. The van der Waals surface area contributed by atoms with Crippen molar-refractivity contribution in [3.8, 4) is 11.5 Å². The predicted octanol–water partition coefficient (Wildman–Crippen LogP) is 5.31. The maximum absolute atomic E-state index is 13.2. The average Bonchev–Trinajstić information content (AvgIpc) is 2.72. The van der Waals surface area contributed by atoms with Crippen molar-refractivity contribution in [3.63, 3.8) is 0 Å². The van der Waals surface area contributed by atoms with Gasteiger partial charge in [-0.15, -0.1) is 0 Å². The molecule has 2 aromatic rings. The number of aryl methyl sites for hydroxylation is 2. The number of carbonyl (C=O) groups is 3. The number of carbonyl (C=O) groups excluding carboxylic acids is 3. The van der Waals surface area contributed by atoms with Gasteiger partial charge in [0, 0.05) is 0 Å². The lowest BCUT2D eigenvalue weighted by molar-refractivity contribution is -0.122.